The molecule has 0 aromatic heterocycles. The Morgan fingerprint density at radius 1 is 0.826 bits per heavy atom. The monoisotopic (exact) mass is 335 g/mol. The molecule has 0 heterocycles. The van der Waals surface area contributed by atoms with Gasteiger partial charge >= 0.3 is 0 Å². The van der Waals surface area contributed by atoms with Crippen LogP contribution in [0, 0.1) is 0 Å². The normalized spacial score (nSPS) is 10.3. The van der Waals surface area contributed by atoms with Crippen molar-refractivity contribution in [1.29, 1.82) is 0 Å². The van der Waals surface area contributed by atoms with Crippen LogP contribution in [-0.2, 0) is 0 Å². The highest BCUT2D eigenvalue weighted by atomic mass is 32.1. The molecule has 128 valence electrons. The molecule has 1 aromatic carbocycles. The fourth-order valence-corrected chi connectivity index (χ4v) is 2.70. The third-order valence-corrected chi connectivity index (χ3v) is 4.13. The van der Waals surface area contributed by atoms with Gasteiger partial charge in [-0.15, -0.1) is 0 Å². The highest BCUT2D eigenvalue weighted by molar-refractivity contribution is 7.80. The molecule has 0 spiro atoms. The minimum atomic E-state index is 0.616. The lowest BCUT2D eigenvalue weighted by molar-refractivity contribution is 0.304. The van der Waals surface area contributed by atoms with Crippen molar-refractivity contribution in [2.75, 3.05) is 12.4 Å². The molecule has 23 heavy (non-hydrogen) atoms. The van der Waals surface area contributed by atoms with E-state index in [-0.39, 0.29) is 0 Å². The number of hydrogen-bond acceptors (Lipinski definition) is 3. The van der Waals surface area contributed by atoms with E-state index < -0.39 is 0 Å². The first kappa shape index (κ1) is 19.7. The second kappa shape index (κ2) is 14.3. The van der Waals surface area contributed by atoms with Crippen LogP contribution in [-0.4, -0.2) is 12.4 Å². The lowest BCUT2D eigenvalue weighted by atomic mass is 10.1. The van der Waals surface area contributed by atoms with Gasteiger partial charge in [0.2, 0.25) is 0 Å². The highest BCUT2D eigenvalue weighted by Gasteiger charge is 1.96. The number of thiol groups is 1. The van der Waals surface area contributed by atoms with Crippen LogP contribution in [0.2, 0.25) is 0 Å². The van der Waals surface area contributed by atoms with Gasteiger partial charge in [0, 0.05) is 10.6 Å². The van der Waals surface area contributed by atoms with E-state index in [2.05, 4.69) is 22.7 Å². The molecular formula is C18H29N3OS. The van der Waals surface area contributed by atoms with Crippen molar-refractivity contribution in [3.63, 3.8) is 0 Å². The third kappa shape index (κ3) is 10.9. The SMILES string of the molecule is [N-]=[N+]=Nc1ccc(OCCCCCCCCCCCCS)cc1. The summed E-state index contributed by atoms with van der Waals surface area (Å²) in [6.07, 6.45) is 13.1. The zero-order chi connectivity index (χ0) is 16.6. The second-order valence-corrected chi connectivity index (χ2v) is 6.24. The summed E-state index contributed by atoms with van der Waals surface area (Å²) in [6, 6.07) is 7.23. The summed E-state index contributed by atoms with van der Waals surface area (Å²) < 4.78 is 5.68. The summed E-state index contributed by atoms with van der Waals surface area (Å²) >= 11 is 4.23. The van der Waals surface area contributed by atoms with E-state index in [9.17, 15) is 0 Å². The van der Waals surface area contributed by atoms with Gasteiger partial charge in [0.25, 0.3) is 0 Å². The van der Waals surface area contributed by atoms with Crippen LogP contribution in [0.4, 0.5) is 5.69 Å². The molecular weight excluding hydrogens is 306 g/mol. The first-order chi connectivity index (χ1) is 11.4. The number of benzene rings is 1. The molecule has 4 nitrogen and oxygen atoms in total. The molecule has 0 aliphatic carbocycles. The van der Waals surface area contributed by atoms with Gasteiger partial charge in [-0.25, -0.2) is 0 Å². The number of unbranched alkanes of at least 4 members (excludes halogenated alkanes) is 9. The predicted molar refractivity (Wildman–Crippen MR) is 101 cm³/mol. The Bertz CT molecular complexity index is 444. The first-order valence-corrected chi connectivity index (χ1v) is 9.39. The van der Waals surface area contributed by atoms with Crippen LogP contribution >= 0.6 is 12.6 Å². The highest BCUT2D eigenvalue weighted by Crippen LogP contribution is 2.18. The van der Waals surface area contributed by atoms with E-state index in [0.29, 0.717) is 5.69 Å². The van der Waals surface area contributed by atoms with Crippen LogP contribution < -0.4 is 4.74 Å². The average molecular weight is 336 g/mol. The molecule has 0 atom stereocenters. The summed E-state index contributed by atoms with van der Waals surface area (Å²) in [6.45, 7) is 0.755. The van der Waals surface area contributed by atoms with Gasteiger partial charge in [-0.3, -0.25) is 0 Å². The fourth-order valence-electron chi connectivity index (χ4n) is 2.48. The largest absolute Gasteiger partial charge is 0.494 e. The van der Waals surface area contributed by atoms with E-state index in [1.807, 2.05) is 12.1 Å². The maximum absolute atomic E-state index is 8.34. The Kier molecular flexibility index (Phi) is 12.3. The molecule has 0 amide bonds. The molecule has 0 bridgehead atoms. The molecule has 1 aromatic rings. The van der Waals surface area contributed by atoms with E-state index in [4.69, 9.17) is 10.3 Å². The molecule has 0 aliphatic heterocycles. The molecule has 1 rings (SSSR count). The number of rotatable bonds is 14. The molecule has 0 saturated heterocycles. The van der Waals surface area contributed by atoms with Crippen LogP contribution in [0.5, 0.6) is 5.75 Å². The van der Waals surface area contributed by atoms with Crippen LogP contribution in [0.3, 0.4) is 0 Å². The standard InChI is InChI=1S/C18H29N3OS/c19-21-20-17-11-13-18(14-12-17)22-15-9-7-5-3-1-2-4-6-8-10-16-23/h11-14,23H,1-10,15-16H2. The Balaban J connectivity index is 1.90. The van der Waals surface area contributed by atoms with Crippen molar-refractivity contribution in [3.8, 4) is 5.75 Å². The summed E-state index contributed by atoms with van der Waals surface area (Å²) in [5.41, 5.74) is 8.96. The predicted octanol–water partition coefficient (Wildman–Crippen LogP) is 6.84. The van der Waals surface area contributed by atoms with Crippen LogP contribution in [0.1, 0.15) is 64.2 Å². The van der Waals surface area contributed by atoms with Gasteiger partial charge in [0.1, 0.15) is 5.75 Å². The van der Waals surface area contributed by atoms with Crippen LogP contribution in [0.15, 0.2) is 29.4 Å². The van der Waals surface area contributed by atoms with Crippen molar-refractivity contribution in [3.05, 3.63) is 34.7 Å². The summed E-state index contributed by atoms with van der Waals surface area (Å²) in [5, 5.41) is 3.54. The van der Waals surface area contributed by atoms with Gasteiger partial charge in [-0.05, 0) is 48.4 Å². The van der Waals surface area contributed by atoms with Gasteiger partial charge in [-0.2, -0.15) is 12.6 Å². The number of ether oxygens (including phenoxy) is 1. The first-order valence-electron chi connectivity index (χ1n) is 8.75. The Labute approximate surface area is 145 Å². The van der Waals surface area contributed by atoms with E-state index in [1.165, 1.54) is 57.8 Å². The van der Waals surface area contributed by atoms with Gasteiger partial charge in [0.15, 0.2) is 0 Å². The van der Waals surface area contributed by atoms with Gasteiger partial charge in [0.05, 0.1) is 6.61 Å². The number of hydrogen-bond donors (Lipinski definition) is 1. The van der Waals surface area contributed by atoms with Crippen LogP contribution in [0.25, 0.3) is 10.4 Å². The number of nitrogens with zero attached hydrogens (tertiary/aromatic N) is 3. The fraction of sp³-hybridized carbons (Fsp3) is 0.667. The van der Waals surface area contributed by atoms with E-state index in [1.54, 1.807) is 12.1 Å². The molecule has 0 saturated carbocycles. The minimum Gasteiger partial charge on any atom is -0.494 e. The maximum atomic E-state index is 8.34. The molecule has 5 heteroatoms. The molecule has 0 aliphatic rings. The van der Waals surface area contributed by atoms with Crippen molar-refractivity contribution in [2.24, 2.45) is 5.11 Å². The maximum Gasteiger partial charge on any atom is 0.119 e. The van der Waals surface area contributed by atoms with Crippen molar-refractivity contribution in [1.82, 2.24) is 0 Å². The third-order valence-electron chi connectivity index (χ3n) is 3.82. The van der Waals surface area contributed by atoms with Crippen molar-refractivity contribution >= 4 is 18.3 Å². The molecule has 0 radical (unpaired) electrons. The summed E-state index contributed by atoms with van der Waals surface area (Å²) in [5.74, 6) is 1.86. The molecule has 0 N–H and O–H groups in total. The average Bonchev–Trinajstić information content (AvgIpc) is 2.57. The van der Waals surface area contributed by atoms with E-state index in [0.717, 1.165) is 24.5 Å². The zero-order valence-corrected chi connectivity index (χ0v) is 14.9. The molecule has 0 unspecified atom stereocenters. The number of azide groups is 1. The Morgan fingerprint density at radius 3 is 1.87 bits per heavy atom. The smallest absolute Gasteiger partial charge is 0.119 e. The minimum absolute atomic E-state index is 0.616. The molecule has 0 fully saturated rings. The van der Waals surface area contributed by atoms with Crippen molar-refractivity contribution in [2.45, 2.75) is 64.2 Å². The second-order valence-electron chi connectivity index (χ2n) is 5.79. The topological polar surface area (TPSA) is 58.0 Å². The lowest BCUT2D eigenvalue weighted by Crippen LogP contribution is -1.96. The quantitative estimate of drug-likeness (QED) is 0.131. The Morgan fingerprint density at radius 2 is 1.35 bits per heavy atom. The zero-order valence-electron chi connectivity index (χ0n) is 14.0. The van der Waals surface area contributed by atoms with Gasteiger partial charge in [-0.1, -0.05) is 56.5 Å². The Hall–Kier alpha value is -1.32. The van der Waals surface area contributed by atoms with E-state index >= 15 is 0 Å². The van der Waals surface area contributed by atoms with Crippen molar-refractivity contribution < 1.29 is 4.74 Å². The summed E-state index contributed by atoms with van der Waals surface area (Å²) in [4.78, 5) is 2.75. The summed E-state index contributed by atoms with van der Waals surface area (Å²) in [7, 11) is 0. The van der Waals surface area contributed by atoms with Gasteiger partial charge < -0.3 is 4.74 Å². The lowest BCUT2D eigenvalue weighted by Gasteiger charge is -2.06.